The summed E-state index contributed by atoms with van der Waals surface area (Å²) in [7, 11) is 0. The lowest BCUT2D eigenvalue weighted by Crippen LogP contribution is -2.05. The third-order valence-electron chi connectivity index (χ3n) is 2.98. The number of carboxylic acid groups (broad SMARTS) is 1. The molecule has 0 aliphatic carbocycles. The Morgan fingerprint density at radius 2 is 1.90 bits per heavy atom. The van der Waals surface area contributed by atoms with E-state index in [2.05, 4.69) is 15.4 Å². The molecule has 21 heavy (non-hydrogen) atoms. The van der Waals surface area contributed by atoms with Crippen LogP contribution in [0.2, 0.25) is 0 Å². The third kappa shape index (κ3) is 2.94. The molecule has 1 N–H and O–H groups in total. The zero-order chi connectivity index (χ0) is 14.7. The molecule has 104 valence electrons. The van der Waals surface area contributed by atoms with Crippen molar-refractivity contribution in [2.24, 2.45) is 0 Å². The predicted octanol–water partition coefficient (Wildman–Crippen LogP) is 2.09. The molecular formula is C15H12N4O2. The van der Waals surface area contributed by atoms with Gasteiger partial charge in [-0.25, -0.2) is 4.79 Å². The summed E-state index contributed by atoms with van der Waals surface area (Å²) in [5, 5.41) is 21.3. The van der Waals surface area contributed by atoms with Gasteiger partial charge in [0.15, 0.2) is 0 Å². The number of hydrogen-bond donors (Lipinski definition) is 1. The van der Waals surface area contributed by atoms with Crippen LogP contribution in [0.25, 0.3) is 11.4 Å². The maximum atomic E-state index is 10.9. The van der Waals surface area contributed by atoms with Crippen LogP contribution in [0, 0.1) is 0 Å². The van der Waals surface area contributed by atoms with Crippen LogP contribution >= 0.6 is 0 Å². The number of hydrogen-bond acceptors (Lipinski definition) is 4. The van der Waals surface area contributed by atoms with Gasteiger partial charge in [-0.05, 0) is 22.9 Å². The van der Waals surface area contributed by atoms with Crippen LogP contribution in [0.3, 0.4) is 0 Å². The number of aromatic nitrogens is 4. The maximum absolute atomic E-state index is 10.9. The zero-order valence-corrected chi connectivity index (χ0v) is 11.0. The summed E-state index contributed by atoms with van der Waals surface area (Å²) in [5.74, 6) is -0.404. The van der Waals surface area contributed by atoms with Gasteiger partial charge >= 0.3 is 5.97 Å². The predicted molar refractivity (Wildman–Crippen MR) is 75.8 cm³/mol. The van der Waals surface area contributed by atoms with E-state index in [1.54, 1.807) is 18.2 Å². The van der Waals surface area contributed by atoms with Gasteiger partial charge < -0.3 is 5.11 Å². The normalized spacial score (nSPS) is 10.5. The van der Waals surface area contributed by atoms with E-state index in [4.69, 9.17) is 5.11 Å². The quantitative estimate of drug-likeness (QED) is 0.791. The van der Waals surface area contributed by atoms with Crippen molar-refractivity contribution < 1.29 is 9.90 Å². The number of nitrogens with zero attached hydrogens (tertiary/aromatic N) is 4. The van der Waals surface area contributed by atoms with E-state index in [9.17, 15) is 4.79 Å². The van der Waals surface area contributed by atoms with E-state index >= 15 is 0 Å². The zero-order valence-electron chi connectivity index (χ0n) is 11.0. The minimum absolute atomic E-state index is 0.246. The second-order valence-corrected chi connectivity index (χ2v) is 4.52. The Morgan fingerprint density at radius 1 is 1.10 bits per heavy atom. The fourth-order valence-electron chi connectivity index (χ4n) is 1.98. The summed E-state index contributed by atoms with van der Waals surface area (Å²) in [5.41, 5.74) is 1.95. The van der Waals surface area contributed by atoms with Crippen LogP contribution in [0.1, 0.15) is 15.9 Å². The molecule has 1 heterocycles. The number of carbonyl (C=O) groups is 1. The van der Waals surface area contributed by atoms with Crippen LogP contribution in [-0.4, -0.2) is 31.3 Å². The van der Waals surface area contributed by atoms with Crippen molar-refractivity contribution in [1.29, 1.82) is 0 Å². The average Bonchev–Trinajstić information content (AvgIpc) is 2.97. The second kappa shape index (κ2) is 5.54. The molecule has 0 aliphatic rings. The lowest BCUT2D eigenvalue weighted by molar-refractivity contribution is 0.0696. The monoisotopic (exact) mass is 280 g/mol. The van der Waals surface area contributed by atoms with Gasteiger partial charge in [-0.1, -0.05) is 42.5 Å². The van der Waals surface area contributed by atoms with Crippen LogP contribution in [0.15, 0.2) is 54.6 Å². The molecule has 0 amide bonds. The molecule has 0 atom stereocenters. The first-order valence-electron chi connectivity index (χ1n) is 6.38. The summed E-state index contributed by atoms with van der Waals surface area (Å²) < 4.78 is 0. The van der Waals surface area contributed by atoms with E-state index in [1.165, 1.54) is 4.80 Å². The van der Waals surface area contributed by atoms with E-state index in [1.807, 2.05) is 36.4 Å². The standard InChI is InChI=1S/C15H12N4O2/c20-15(21)13-8-4-5-11(9-13)10-19-17-14(16-18-19)12-6-2-1-3-7-12/h1-9H,10H2,(H,20,21). The Balaban J connectivity index is 1.82. The Bertz CT molecular complexity index is 768. The highest BCUT2D eigenvalue weighted by Gasteiger charge is 2.07. The molecule has 0 bridgehead atoms. The van der Waals surface area contributed by atoms with Gasteiger partial charge in [0.1, 0.15) is 0 Å². The van der Waals surface area contributed by atoms with Crippen molar-refractivity contribution >= 4 is 5.97 Å². The van der Waals surface area contributed by atoms with Gasteiger partial charge in [-0.3, -0.25) is 0 Å². The third-order valence-corrected chi connectivity index (χ3v) is 2.98. The first-order valence-corrected chi connectivity index (χ1v) is 6.38. The van der Waals surface area contributed by atoms with E-state index < -0.39 is 5.97 Å². The van der Waals surface area contributed by atoms with Crippen molar-refractivity contribution in [3.8, 4) is 11.4 Å². The van der Waals surface area contributed by atoms with Crippen molar-refractivity contribution in [2.75, 3.05) is 0 Å². The molecular weight excluding hydrogens is 268 g/mol. The second-order valence-electron chi connectivity index (χ2n) is 4.52. The molecule has 0 radical (unpaired) electrons. The van der Waals surface area contributed by atoms with Gasteiger partial charge in [0.2, 0.25) is 5.82 Å². The molecule has 2 aromatic carbocycles. The molecule has 1 aromatic heterocycles. The van der Waals surface area contributed by atoms with Crippen LogP contribution in [-0.2, 0) is 6.54 Å². The topological polar surface area (TPSA) is 80.9 Å². The van der Waals surface area contributed by atoms with Crippen LogP contribution < -0.4 is 0 Å². The summed E-state index contributed by atoms with van der Waals surface area (Å²) in [6.45, 7) is 0.376. The lowest BCUT2D eigenvalue weighted by Gasteiger charge is -2.01. The van der Waals surface area contributed by atoms with Crippen molar-refractivity contribution in [2.45, 2.75) is 6.54 Å². The first-order chi connectivity index (χ1) is 10.2. The number of aromatic carboxylic acids is 1. The Labute approximate surface area is 120 Å². The van der Waals surface area contributed by atoms with E-state index in [0.29, 0.717) is 12.4 Å². The van der Waals surface area contributed by atoms with E-state index in [-0.39, 0.29) is 5.56 Å². The Morgan fingerprint density at radius 3 is 2.67 bits per heavy atom. The molecule has 3 rings (SSSR count). The number of benzene rings is 2. The summed E-state index contributed by atoms with van der Waals surface area (Å²) >= 11 is 0. The lowest BCUT2D eigenvalue weighted by atomic mass is 10.1. The van der Waals surface area contributed by atoms with Crippen molar-refractivity contribution in [3.63, 3.8) is 0 Å². The summed E-state index contributed by atoms with van der Waals surface area (Å²) in [4.78, 5) is 12.4. The fourth-order valence-corrected chi connectivity index (χ4v) is 1.98. The summed E-state index contributed by atoms with van der Waals surface area (Å²) in [6.07, 6.45) is 0. The first kappa shape index (κ1) is 13.0. The Kier molecular flexibility index (Phi) is 3.42. The molecule has 6 nitrogen and oxygen atoms in total. The SMILES string of the molecule is O=C(O)c1cccc(Cn2nnc(-c3ccccc3)n2)c1. The smallest absolute Gasteiger partial charge is 0.335 e. The number of tetrazole rings is 1. The van der Waals surface area contributed by atoms with Crippen LogP contribution in [0.4, 0.5) is 0 Å². The van der Waals surface area contributed by atoms with Gasteiger partial charge in [-0.15, -0.1) is 10.2 Å². The van der Waals surface area contributed by atoms with Gasteiger partial charge in [0.25, 0.3) is 0 Å². The average molecular weight is 280 g/mol. The largest absolute Gasteiger partial charge is 0.478 e. The van der Waals surface area contributed by atoms with Crippen molar-refractivity contribution in [3.05, 3.63) is 65.7 Å². The molecule has 0 unspecified atom stereocenters. The van der Waals surface area contributed by atoms with Crippen molar-refractivity contribution in [1.82, 2.24) is 20.2 Å². The molecule has 0 saturated carbocycles. The highest BCUT2D eigenvalue weighted by atomic mass is 16.4. The molecule has 0 saturated heterocycles. The summed E-state index contributed by atoms with van der Waals surface area (Å²) in [6, 6.07) is 16.2. The highest BCUT2D eigenvalue weighted by molar-refractivity contribution is 5.87. The number of rotatable bonds is 4. The van der Waals surface area contributed by atoms with Gasteiger partial charge in [0.05, 0.1) is 12.1 Å². The molecule has 0 fully saturated rings. The molecule has 3 aromatic rings. The van der Waals surface area contributed by atoms with Crippen LogP contribution in [0.5, 0.6) is 0 Å². The van der Waals surface area contributed by atoms with Gasteiger partial charge in [0, 0.05) is 5.56 Å². The number of carboxylic acids is 1. The van der Waals surface area contributed by atoms with E-state index in [0.717, 1.165) is 11.1 Å². The minimum Gasteiger partial charge on any atom is -0.478 e. The minimum atomic E-state index is -0.951. The molecule has 0 aliphatic heterocycles. The fraction of sp³-hybridized carbons (Fsp3) is 0.0667. The van der Waals surface area contributed by atoms with Gasteiger partial charge in [-0.2, -0.15) is 4.80 Å². The molecule has 0 spiro atoms. The Hall–Kier alpha value is -3.02. The highest BCUT2D eigenvalue weighted by Crippen LogP contribution is 2.12. The molecule has 6 heteroatoms. The maximum Gasteiger partial charge on any atom is 0.335 e.